The summed E-state index contributed by atoms with van der Waals surface area (Å²) < 4.78 is 0. The molecule has 1 N–H and O–H groups in total. The zero-order valence-corrected chi connectivity index (χ0v) is 12.6. The van der Waals surface area contributed by atoms with Crippen LogP contribution < -0.4 is 5.32 Å². The van der Waals surface area contributed by atoms with Gasteiger partial charge in [-0.3, -0.25) is 4.79 Å². The lowest BCUT2D eigenvalue weighted by molar-refractivity contribution is 0.0939. The standard InChI is InChI=1S/C11H15Cl2N3OS/c1-3-18-5-4-7(2)14-11(17)8-6-9(12)15-16-10(8)13/h6-7H,3-5H2,1-2H3,(H,14,17). The molecule has 0 aliphatic heterocycles. The molecule has 0 saturated heterocycles. The molecule has 4 nitrogen and oxygen atoms in total. The van der Waals surface area contributed by atoms with Crippen molar-refractivity contribution >= 4 is 40.9 Å². The van der Waals surface area contributed by atoms with Gasteiger partial charge in [-0.2, -0.15) is 11.8 Å². The molecule has 1 unspecified atom stereocenters. The second-order valence-electron chi connectivity index (χ2n) is 3.73. The number of hydrogen-bond donors (Lipinski definition) is 1. The quantitative estimate of drug-likeness (QED) is 0.821. The normalized spacial score (nSPS) is 12.2. The van der Waals surface area contributed by atoms with E-state index in [1.54, 1.807) is 0 Å². The van der Waals surface area contributed by atoms with Crippen molar-refractivity contribution in [3.8, 4) is 0 Å². The zero-order chi connectivity index (χ0) is 13.5. The highest BCUT2D eigenvalue weighted by Crippen LogP contribution is 2.15. The number of nitrogens with one attached hydrogen (secondary N) is 1. The summed E-state index contributed by atoms with van der Waals surface area (Å²) >= 11 is 13.3. The van der Waals surface area contributed by atoms with Gasteiger partial charge in [-0.1, -0.05) is 30.1 Å². The van der Waals surface area contributed by atoms with E-state index in [9.17, 15) is 4.79 Å². The van der Waals surface area contributed by atoms with Gasteiger partial charge in [0.2, 0.25) is 0 Å². The molecule has 0 aromatic carbocycles. The Kier molecular flexibility index (Phi) is 6.75. The van der Waals surface area contributed by atoms with Gasteiger partial charge in [0, 0.05) is 6.04 Å². The van der Waals surface area contributed by atoms with Gasteiger partial charge in [-0.15, -0.1) is 10.2 Å². The second kappa shape index (κ2) is 7.81. The van der Waals surface area contributed by atoms with Gasteiger partial charge in [0.25, 0.3) is 5.91 Å². The molecule has 1 amide bonds. The van der Waals surface area contributed by atoms with Crippen molar-refractivity contribution in [2.75, 3.05) is 11.5 Å². The predicted molar refractivity (Wildman–Crippen MR) is 76.6 cm³/mol. The lowest BCUT2D eigenvalue weighted by Crippen LogP contribution is -2.33. The number of hydrogen-bond acceptors (Lipinski definition) is 4. The fourth-order valence-electron chi connectivity index (χ4n) is 1.29. The van der Waals surface area contributed by atoms with Crippen molar-refractivity contribution in [1.82, 2.24) is 15.5 Å². The summed E-state index contributed by atoms with van der Waals surface area (Å²) in [6.07, 6.45) is 0.911. The summed E-state index contributed by atoms with van der Waals surface area (Å²) in [5.74, 6) is 1.82. The highest BCUT2D eigenvalue weighted by molar-refractivity contribution is 7.99. The Bertz CT molecular complexity index is 417. The summed E-state index contributed by atoms with van der Waals surface area (Å²) in [7, 11) is 0. The van der Waals surface area contributed by atoms with Crippen molar-refractivity contribution < 1.29 is 4.79 Å². The molecule has 0 radical (unpaired) electrons. The van der Waals surface area contributed by atoms with Crippen LogP contribution in [0, 0.1) is 0 Å². The minimum atomic E-state index is -0.272. The first kappa shape index (κ1) is 15.5. The average molecular weight is 308 g/mol. The summed E-state index contributed by atoms with van der Waals surface area (Å²) in [5, 5.41) is 10.2. The maximum Gasteiger partial charge on any atom is 0.254 e. The lowest BCUT2D eigenvalue weighted by atomic mass is 10.2. The monoisotopic (exact) mass is 307 g/mol. The molecular weight excluding hydrogens is 293 g/mol. The van der Waals surface area contributed by atoms with Crippen molar-refractivity contribution in [2.24, 2.45) is 0 Å². The number of aromatic nitrogens is 2. The van der Waals surface area contributed by atoms with Crippen LogP contribution in [-0.2, 0) is 0 Å². The van der Waals surface area contributed by atoms with Crippen LogP contribution >= 0.6 is 35.0 Å². The third kappa shape index (κ3) is 5.00. The van der Waals surface area contributed by atoms with E-state index in [4.69, 9.17) is 23.2 Å². The Morgan fingerprint density at radius 3 is 2.89 bits per heavy atom. The summed E-state index contributed by atoms with van der Waals surface area (Å²) in [6.45, 7) is 4.07. The van der Waals surface area contributed by atoms with Crippen molar-refractivity contribution in [1.29, 1.82) is 0 Å². The Morgan fingerprint density at radius 1 is 1.50 bits per heavy atom. The molecule has 1 atom stereocenters. The van der Waals surface area contributed by atoms with Crippen LogP contribution in [0.3, 0.4) is 0 Å². The van der Waals surface area contributed by atoms with Crippen molar-refractivity contribution in [2.45, 2.75) is 26.3 Å². The number of carbonyl (C=O) groups is 1. The summed E-state index contributed by atoms with van der Waals surface area (Å²) in [5.41, 5.74) is 0.256. The number of halogens is 2. The fraction of sp³-hybridized carbons (Fsp3) is 0.545. The van der Waals surface area contributed by atoms with Gasteiger partial charge in [-0.05, 0) is 30.9 Å². The minimum absolute atomic E-state index is 0.0621. The lowest BCUT2D eigenvalue weighted by Gasteiger charge is -2.13. The number of nitrogens with zero attached hydrogens (tertiary/aromatic N) is 2. The maximum atomic E-state index is 11.9. The Balaban J connectivity index is 2.56. The van der Waals surface area contributed by atoms with Crippen molar-refractivity contribution in [3.05, 3.63) is 21.9 Å². The molecule has 7 heteroatoms. The van der Waals surface area contributed by atoms with E-state index in [0.717, 1.165) is 17.9 Å². The third-order valence-electron chi connectivity index (χ3n) is 2.24. The van der Waals surface area contributed by atoms with E-state index in [2.05, 4.69) is 22.4 Å². The molecule has 0 bridgehead atoms. The molecule has 0 spiro atoms. The number of amides is 1. The van der Waals surface area contributed by atoms with Crippen LogP contribution in [0.25, 0.3) is 0 Å². The Labute approximate surface area is 121 Å². The van der Waals surface area contributed by atoms with Crippen LogP contribution in [0.2, 0.25) is 10.3 Å². The molecule has 0 saturated carbocycles. The highest BCUT2D eigenvalue weighted by Gasteiger charge is 2.15. The largest absolute Gasteiger partial charge is 0.349 e. The first-order chi connectivity index (χ1) is 8.54. The van der Waals surface area contributed by atoms with Gasteiger partial charge in [0.05, 0.1) is 5.56 Å². The van der Waals surface area contributed by atoms with Crippen LogP contribution in [0.15, 0.2) is 6.07 Å². The first-order valence-corrected chi connectivity index (χ1v) is 7.53. The summed E-state index contributed by atoms with van der Waals surface area (Å²) in [6, 6.07) is 1.50. The van der Waals surface area contributed by atoms with Crippen molar-refractivity contribution in [3.63, 3.8) is 0 Å². The van der Waals surface area contributed by atoms with Crippen LogP contribution in [0.5, 0.6) is 0 Å². The van der Waals surface area contributed by atoms with E-state index in [1.807, 2.05) is 18.7 Å². The van der Waals surface area contributed by atoms with Crippen LogP contribution in [-0.4, -0.2) is 33.7 Å². The SMILES string of the molecule is CCSCCC(C)NC(=O)c1cc(Cl)nnc1Cl. The Hall–Kier alpha value is -0.520. The Morgan fingerprint density at radius 2 is 2.22 bits per heavy atom. The number of thioether (sulfide) groups is 1. The smallest absolute Gasteiger partial charge is 0.254 e. The molecule has 1 rings (SSSR count). The fourth-order valence-corrected chi connectivity index (χ4v) is 2.42. The van der Waals surface area contributed by atoms with E-state index in [-0.39, 0.29) is 27.8 Å². The highest BCUT2D eigenvalue weighted by atomic mass is 35.5. The number of carbonyl (C=O) groups excluding carboxylic acids is 1. The zero-order valence-electron chi connectivity index (χ0n) is 10.2. The average Bonchev–Trinajstić information content (AvgIpc) is 2.32. The summed E-state index contributed by atoms with van der Waals surface area (Å²) in [4.78, 5) is 11.9. The molecule has 18 heavy (non-hydrogen) atoms. The number of rotatable bonds is 6. The molecular formula is C11H15Cl2N3OS. The molecule has 100 valence electrons. The molecule has 1 aromatic rings. The van der Waals surface area contributed by atoms with E-state index in [0.29, 0.717) is 0 Å². The van der Waals surface area contributed by atoms with Gasteiger partial charge in [0.1, 0.15) is 0 Å². The predicted octanol–water partition coefficient (Wildman–Crippen LogP) is 3.04. The maximum absolute atomic E-state index is 11.9. The van der Waals surface area contributed by atoms with Crippen LogP contribution in [0.1, 0.15) is 30.6 Å². The molecule has 0 aliphatic rings. The van der Waals surface area contributed by atoms with E-state index >= 15 is 0 Å². The third-order valence-corrected chi connectivity index (χ3v) is 3.64. The van der Waals surface area contributed by atoms with Gasteiger partial charge >= 0.3 is 0 Å². The topological polar surface area (TPSA) is 54.9 Å². The van der Waals surface area contributed by atoms with E-state index < -0.39 is 0 Å². The molecule has 0 fully saturated rings. The van der Waals surface area contributed by atoms with Crippen LogP contribution in [0.4, 0.5) is 0 Å². The second-order valence-corrected chi connectivity index (χ2v) is 5.87. The minimum Gasteiger partial charge on any atom is -0.349 e. The van der Waals surface area contributed by atoms with E-state index in [1.165, 1.54) is 6.07 Å². The first-order valence-electron chi connectivity index (χ1n) is 5.62. The molecule has 0 aliphatic carbocycles. The van der Waals surface area contributed by atoms with Gasteiger partial charge in [0.15, 0.2) is 10.3 Å². The van der Waals surface area contributed by atoms with Gasteiger partial charge in [-0.25, -0.2) is 0 Å². The van der Waals surface area contributed by atoms with Gasteiger partial charge < -0.3 is 5.32 Å². The molecule has 1 aromatic heterocycles. The molecule has 1 heterocycles.